The third kappa shape index (κ3) is 4.13. The Kier molecular flexibility index (Phi) is 5.67. The summed E-state index contributed by atoms with van der Waals surface area (Å²) < 4.78 is 12.0. The summed E-state index contributed by atoms with van der Waals surface area (Å²) in [5, 5.41) is 0. The van der Waals surface area contributed by atoms with Gasteiger partial charge >= 0.3 is 0 Å². The number of halogens is 1. The van der Waals surface area contributed by atoms with Crippen molar-refractivity contribution >= 4 is 5.78 Å². The molecular formula is C7H15FO. The molecule has 9 heavy (non-hydrogen) atoms. The lowest BCUT2D eigenvalue weighted by Crippen LogP contribution is -2.17. The molecule has 1 atom stereocenters. The van der Waals surface area contributed by atoms with Gasteiger partial charge in [-0.25, -0.2) is 4.39 Å². The van der Waals surface area contributed by atoms with Gasteiger partial charge in [0.15, 0.2) is 12.0 Å². The van der Waals surface area contributed by atoms with Crippen molar-refractivity contribution in [3.8, 4) is 0 Å². The van der Waals surface area contributed by atoms with Crippen LogP contribution >= 0.6 is 0 Å². The molecule has 0 heterocycles. The predicted molar refractivity (Wildman–Crippen MR) is 37.1 cm³/mol. The zero-order chi connectivity index (χ0) is 6.73. The van der Waals surface area contributed by atoms with E-state index in [1.807, 2.05) is 0 Å². The Hall–Kier alpha value is -0.400. The van der Waals surface area contributed by atoms with E-state index in [1.165, 1.54) is 6.92 Å². The van der Waals surface area contributed by atoms with Gasteiger partial charge in [-0.2, -0.15) is 0 Å². The number of hydrogen-bond acceptors (Lipinski definition) is 1. The van der Waals surface area contributed by atoms with Crippen LogP contribution in [0, 0.1) is 5.92 Å². The van der Waals surface area contributed by atoms with Crippen molar-refractivity contribution in [1.29, 1.82) is 0 Å². The molecule has 0 aromatic heterocycles. The van der Waals surface area contributed by atoms with E-state index in [4.69, 9.17) is 0 Å². The minimum absolute atomic E-state index is 0. The fraction of sp³-hybridized carbons (Fsp3) is 0.857. The van der Waals surface area contributed by atoms with Crippen molar-refractivity contribution in [2.45, 2.75) is 34.4 Å². The van der Waals surface area contributed by atoms with Crippen LogP contribution in [0.15, 0.2) is 0 Å². The predicted octanol–water partition coefficient (Wildman–Crippen LogP) is 2.21. The second kappa shape index (κ2) is 4.48. The molecule has 56 valence electrons. The van der Waals surface area contributed by atoms with Gasteiger partial charge in [0.05, 0.1) is 0 Å². The van der Waals surface area contributed by atoms with Gasteiger partial charge in [0.2, 0.25) is 0 Å². The van der Waals surface area contributed by atoms with Crippen molar-refractivity contribution in [1.82, 2.24) is 0 Å². The van der Waals surface area contributed by atoms with E-state index in [0.717, 1.165) is 0 Å². The molecule has 0 saturated heterocycles. The Labute approximate surface area is 56.3 Å². The standard InChI is InChI=1S/C6H11FO.CH4/c1-4(2)6(8)5(3)7;/h4-5H,1-3H3;1H4/i7-1;. The molecule has 0 aromatic carbocycles. The first-order valence-corrected chi connectivity index (χ1v) is 2.73. The van der Waals surface area contributed by atoms with Gasteiger partial charge in [-0.1, -0.05) is 21.3 Å². The Morgan fingerprint density at radius 2 is 1.67 bits per heavy atom. The molecule has 2 heteroatoms. The zero-order valence-corrected chi connectivity index (χ0v) is 5.44. The van der Waals surface area contributed by atoms with Crippen molar-refractivity contribution < 1.29 is 9.18 Å². The molecule has 0 aliphatic carbocycles. The van der Waals surface area contributed by atoms with Crippen LogP contribution in [0.1, 0.15) is 28.2 Å². The molecule has 1 nitrogen and oxygen atoms in total. The summed E-state index contributed by atoms with van der Waals surface area (Å²) in [6.07, 6.45) is -1.30. The molecule has 0 spiro atoms. The van der Waals surface area contributed by atoms with Crippen molar-refractivity contribution in [2.75, 3.05) is 0 Å². The van der Waals surface area contributed by atoms with Crippen molar-refractivity contribution in [3.63, 3.8) is 0 Å². The summed E-state index contributed by atoms with van der Waals surface area (Å²) >= 11 is 0. The molecule has 0 aliphatic heterocycles. The largest absolute Gasteiger partial charge is 0.296 e. The van der Waals surface area contributed by atoms with Crippen LogP contribution in [-0.4, -0.2) is 12.0 Å². The fourth-order valence-electron chi connectivity index (χ4n) is 0.459. The number of Topliss-reactive ketones (excluding diaryl/α,β-unsaturated/α-hetero) is 1. The van der Waals surface area contributed by atoms with Gasteiger partial charge in [0.1, 0.15) is 0 Å². The number of carbonyl (C=O) groups excluding carboxylic acids is 1. The van der Waals surface area contributed by atoms with Gasteiger partial charge in [0, 0.05) is 5.92 Å². The highest BCUT2D eigenvalue weighted by atomic mass is 18.2. The topological polar surface area (TPSA) is 17.1 Å². The molecular weight excluding hydrogens is 118 g/mol. The van der Waals surface area contributed by atoms with E-state index < -0.39 is 6.17 Å². The first-order chi connectivity index (χ1) is 3.55. The van der Waals surface area contributed by atoms with Gasteiger partial charge < -0.3 is 0 Å². The molecule has 0 saturated carbocycles. The first kappa shape index (κ1) is 11.4. The summed E-state index contributed by atoms with van der Waals surface area (Å²) in [4.78, 5) is 10.5. The van der Waals surface area contributed by atoms with E-state index in [9.17, 15) is 9.18 Å². The zero-order valence-electron chi connectivity index (χ0n) is 5.44. The molecule has 0 aliphatic rings. The lowest BCUT2D eigenvalue weighted by Gasteiger charge is -2.01. The van der Waals surface area contributed by atoms with E-state index in [-0.39, 0.29) is 19.1 Å². The summed E-state index contributed by atoms with van der Waals surface area (Å²) in [6.45, 7) is 4.65. The highest BCUT2D eigenvalue weighted by Gasteiger charge is 2.13. The summed E-state index contributed by atoms with van der Waals surface area (Å²) in [6, 6.07) is 0. The maximum atomic E-state index is 12.0. The fourth-order valence-corrected chi connectivity index (χ4v) is 0.459. The number of ketones is 1. The highest BCUT2D eigenvalue weighted by Crippen LogP contribution is 2.01. The third-order valence-corrected chi connectivity index (χ3v) is 0.961. The van der Waals surface area contributed by atoms with Crippen molar-refractivity contribution in [2.24, 2.45) is 5.92 Å². The average Bonchev–Trinajstić information content (AvgIpc) is 1.64. The second-order valence-corrected chi connectivity index (χ2v) is 2.17. The Morgan fingerprint density at radius 1 is 1.33 bits per heavy atom. The maximum Gasteiger partial charge on any atom is 0.169 e. The molecule has 0 amide bonds. The highest BCUT2D eigenvalue weighted by molar-refractivity contribution is 5.84. The lowest BCUT2D eigenvalue weighted by molar-refractivity contribution is -0.126. The van der Waals surface area contributed by atoms with E-state index in [1.54, 1.807) is 13.8 Å². The molecule has 0 radical (unpaired) electrons. The maximum absolute atomic E-state index is 12.0. The lowest BCUT2D eigenvalue weighted by atomic mass is 10.1. The Morgan fingerprint density at radius 3 is 1.67 bits per heavy atom. The SMILES string of the molecule is C.CC(C)C(=O)C(C)[18F]. The summed E-state index contributed by atoms with van der Waals surface area (Å²) in [5.74, 6) is -0.486. The molecule has 0 aromatic rings. The van der Waals surface area contributed by atoms with Crippen LogP contribution in [0.5, 0.6) is 0 Å². The molecule has 0 fully saturated rings. The molecule has 1 unspecified atom stereocenters. The minimum Gasteiger partial charge on any atom is -0.296 e. The molecule has 0 N–H and O–H groups in total. The summed E-state index contributed by atoms with van der Waals surface area (Å²) in [7, 11) is 0. The molecule has 0 rings (SSSR count). The normalized spacial score (nSPS) is 12.6. The van der Waals surface area contributed by atoms with Gasteiger partial charge in [-0.15, -0.1) is 0 Å². The number of carbonyl (C=O) groups is 1. The monoisotopic (exact) mass is 133 g/mol. The average molecular weight is 133 g/mol. The van der Waals surface area contributed by atoms with E-state index in [2.05, 4.69) is 0 Å². The van der Waals surface area contributed by atoms with Crippen LogP contribution in [0.25, 0.3) is 0 Å². The number of hydrogen-bond donors (Lipinski definition) is 0. The summed E-state index contributed by atoms with van der Waals surface area (Å²) in [5.41, 5.74) is 0. The first-order valence-electron chi connectivity index (χ1n) is 2.73. The van der Waals surface area contributed by atoms with E-state index in [0.29, 0.717) is 0 Å². The van der Waals surface area contributed by atoms with Gasteiger partial charge in [-0.05, 0) is 6.92 Å². The van der Waals surface area contributed by atoms with Gasteiger partial charge in [-0.3, -0.25) is 4.79 Å². The van der Waals surface area contributed by atoms with Crippen molar-refractivity contribution in [3.05, 3.63) is 0 Å². The van der Waals surface area contributed by atoms with Crippen LogP contribution in [0.2, 0.25) is 0 Å². The molecule has 0 bridgehead atoms. The van der Waals surface area contributed by atoms with Crippen LogP contribution < -0.4 is 0 Å². The quantitative estimate of drug-likeness (QED) is 0.564. The van der Waals surface area contributed by atoms with Gasteiger partial charge in [0.25, 0.3) is 0 Å². The van der Waals surface area contributed by atoms with E-state index >= 15 is 0 Å². The third-order valence-electron chi connectivity index (χ3n) is 0.961. The Bertz CT molecular complexity index is 76.9. The van der Waals surface area contributed by atoms with Crippen LogP contribution in [0.3, 0.4) is 0 Å². The smallest absolute Gasteiger partial charge is 0.169 e. The second-order valence-electron chi connectivity index (χ2n) is 2.17. The minimum atomic E-state index is -1.30. The number of alkyl halides is 1. The number of rotatable bonds is 2. The van der Waals surface area contributed by atoms with Crippen LogP contribution in [0.4, 0.5) is 4.39 Å². The Balaban J connectivity index is 0. The van der Waals surface area contributed by atoms with Crippen LogP contribution in [-0.2, 0) is 4.79 Å².